The van der Waals surface area contributed by atoms with Crippen LogP contribution in [-0.4, -0.2) is 17.7 Å². The number of carbonyl (C=O) groups excluding carboxylic acids is 1. The number of rotatable bonds is 4. The van der Waals surface area contributed by atoms with E-state index in [2.05, 4.69) is 10.5 Å². The molecule has 23 heavy (non-hydrogen) atoms. The number of hydrogen-bond acceptors (Lipinski definition) is 3. The standard InChI is InChI=1S/C18H17FN2O2/c1-2-12-5-3-4-6-15(12)20-18(22)17-11-16(21-23-17)13-7-9-14(19)10-8-13/h3-10,17H,2,11H2,1H3,(H,20,22)/t17-/m0/s1. The second-order valence-corrected chi connectivity index (χ2v) is 5.34. The zero-order chi connectivity index (χ0) is 16.2. The van der Waals surface area contributed by atoms with Gasteiger partial charge in [0.05, 0.1) is 5.71 Å². The monoisotopic (exact) mass is 312 g/mol. The molecule has 0 fully saturated rings. The number of carbonyl (C=O) groups is 1. The Labute approximate surface area is 134 Å². The average Bonchev–Trinajstić information content (AvgIpc) is 3.06. The van der Waals surface area contributed by atoms with Crippen molar-refractivity contribution < 1.29 is 14.0 Å². The third-order valence-corrected chi connectivity index (χ3v) is 3.79. The molecule has 1 atom stereocenters. The molecule has 1 aliphatic rings. The van der Waals surface area contributed by atoms with Crippen molar-refractivity contribution in [2.45, 2.75) is 25.9 Å². The SMILES string of the molecule is CCc1ccccc1NC(=O)[C@@H]1CC(c2ccc(F)cc2)=NO1. The summed E-state index contributed by atoms with van der Waals surface area (Å²) in [5.74, 6) is -0.537. The van der Waals surface area contributed by atoms with Gasteiger partial charge in [0.1, 0.15) is 5.82 Å². The summed E-state index contributed by atoms with van der Waals surface area (Å²) in [6, 6.07) is 13.7. The van der Waals surface area contributed by atoms with Gasteiger partial charge in [0.25, 0.3) is 5.91 Å². The maximum absolute atomic E-state index is 13.0. The van der Waals surface area contributed by atoms with Crippen LogP contribution in [0.4, 0.5) is 10.1 Å². The minimum Gasteiger partial charge on any atom is -0.382 e. The van der Waals surface area contributed by atoms with Crippen molar-refractivity contribution in [1.82, 2.24) is 0 Å². The number of aryl methyl sites for hydroxylation is 1. The maximum Gasteiger partial charge on any atom is 0.268 e. The van der Waals surface area contributed by atoms with E-state index in [-0.39, 0.29) is 11.7 Å². The van der Waals surface area contributed by atoms with Crippen molar-refractivity contribution in [3.63, 3.8) is 0 Å². The minimum atomic E-state index is -0.667. The largest absolute Gasteiger partial charge is 0.382 e. The van der Waals surface area contributed by atoms with Crippen LogP contribution in [0.1, 0.15) is 24.5 Å². The predicted molar refractivity (Wildman–Crippen MR) is 86.9 cm³/mol. The Bertz CT molecular complexity index is 741. The molecule has 1 N–H and O–H groups in total. The molecule has 1 aliphatic heterocycles. The van der Waals surface area contributed by atoms with Crippen LogP contribution in [0.2, 0.25) is 0 Å². The minimum absolute atomic E-state index is 0.230. The normalized spacial score (nSPS) is 16.6. The van der Waals surface area contributed by atoms with Gasteiger partial charge in [-0.1, -0.05) is 42.4 Å². The predicted octanol–water partition coefficient (Wildman–Crippen LogP) is 3.52. The second-order valence-electron chi connectivity index (χ2n) is 5.34. The summed E-state index contributed by atoms with van der Waals surface area (Å²) in [7, 11) is 0. The molecule has 1 heterocycles. The molecule has 0 unspecified atom stereocenters. The van der Waals surface area contributed by atoms with Gasteiger partial charge in [-0.3, -0.25) is 4.79 Å². The lowest BCUT2D eigenvalue weighted by molar-refractivity contribution is -0.125. The number of hydrogen-bond donors (Lipinski definition) is 1. The second kappa shape index (κ2) is 6.60. The molecule has 5 heteroatoms. The molecule has 118 valence electrons. The van der Waals surface area contributed by atoms with E-state index in [1.165, 1.54) is 12.1 Å². The number of amides is 1. The van der Waals surface area contributed by atoms with Crippen molar-refractivity contribution in [1.29, 1.82) is 0 Å². The first kappa shape index (κ1) is 15.2. The molecule has 0 saturated carbocycles. The lowest BCUT2D eigenvalue weighted by atomic mass is 10.0. The van der Waals surface area contributed by atoms with Crippen molar-refractivity contribution in [3.05, 3.63) is 65.5 Å². The fourth-order valence-corrected chi connectivity index (χ4v) is 2.49. The summed E-state index contributed by atoms with van der Waals surface area (Å²) >= 11 is 0. The molecule has 0 saturated heterocycles. The summed E-state index contributed by atoms with van der Waals surface area (Å²) in [6.07, 6.45) is 0.533. The average molecular weight is 312 g/mol. The van der Waals surface area contributed by atoms with E-state index < -0.39 is 6.10 Å². The molecular formula is C18H17FN2O2. The number of oxime groups is 1. The number of nitrogens with zero attached hydrogens (tertiary/aromatic N) is 1. The Kier molecular flexibility index (Phi) is 4.37. The quantitative estimate of drug-likeness (QED) is 0.939. The molecule has 0 aromatic heterocycles. The van der Waals surface area contributed by atoms with E-state index in [0.717, 1.165) is 23.2 Å². The van der Waals surface area contributed by atoms with E-state index in [1.807, 2.05) is 31.2 Å². The highest BCUT2D eigenvalue weighted by Crippen LogP contribution is 2.20. The van der Waals surface area contributed by atoms with Crippen LogP contribution < -0.4 is 5.32 Å². The van der Waals surface area contributed by atoms with Crippen LogP contribution in [0.25, 0.3) is 0 Å². The van der Waals surface area contributed by atoms with Gasteiger partial charge in [-0.05, 0) is 35.7 Å². The molecular weight excluding hydrogens is 295 g/mol. The van der Waals surface area contributed by atoms with Crippen LogP contribution in [0, 0.1) is 5.82 Å². The highest BCUT2D eigenvalue weighted by atomic mass is 19.1. The van der Waals surface area contributed by atoms with Gasteiger partial charge in [-0.15, -0.1) is 0 Å². The van der Waals surface area contributed by atoms with Crippen LogP contribution >= 0.6 is 0 Å². The fraction of sp³-hybridized carbons (Fsp3) is 0.222. The molecule has 1 amide bonds. The fourth-order valence-electron chi connectivity index (χ4n) is 2.49. The Balaban J connectivity index is 1.65. The Morgan fingerprint density at radius 2 is 2.00 bits per heavy atom. The summed E-state index contributed by atoms with van der Waals surface area (Å²) in [5.41, 5.74) is 3.27. The summed E-state index contributed by atoms with van der Waals surface area (Å²) in [5, 5.41) is 6.84. The van der Waals surface area contributed by atoms with E-state index in [4.69, 9.17) is 4.84 Å². The molecule has 3 rings (SSSR count). The number of benzene rings is 2. The van der Waals surface area contributed by atoms with Crippen LogP contribution in [0.15, 0.2) is 53.7 Å². The van der Waals surface area contributed by atoms with Gasteiger partial charge in [0.2, 0.25) is 6.10 Å². The first-order valence-corrected chi connectivity index (χ1v) is 7.54. The van der Waals surface area contributed by atoms with Gasteiger partial charge in [0.15, 0.2) is 0 Å². The Morgan fingerprint density at radius 3 is 2.74 bits per heavy atom. The van der Waals surface area contributed by atoms with E-state index in [9.17, 15) is 9.18 Å². The van der Waals surface area contributed by atoms with Crippen molar-refractivity contribution in [2.24, 2.45) is 5.16 Å². The van der Waals surface area contributed by atoms with Crippen molar-refractivity contribution >= 4 is 17.3 Å². The molecule has 2 aromatic rings. The molecule has 0 spiro atoms. The number of anilines is 1. The number of para-hydroxylation sites is 1. The third kappa shape index (κ3) is 3.39. The summed E-state index contributed by atoms with van der Waals surface area (Å²) in [6.45, 7) is 2.03. The molecule has 0 bridgehead atoms. The smallest absolute Gasteiger partial charge is 0.268 e. The van der Waals surface area contributed by atoms with Gasteiger partial charge < -0.3 is 10.2 Å². The first-order valence-electron chi connectivity index (χ1n) is 7.54. The van der Waals surface area contributed by atoms with Crippen molar-refractivity contribution in [2.75, 3.05) is 5.32 Å². The van der Waals surface area contributed by atoms with E-state index in [0.29, 0.717) is 12.1 Å². The van der Waals surface area contributed by atoms with E-state index in [1.54, 1.807) is 12.1 Å². The van der Waals surface area contributed by atoms with Gasteiger partial charge in [-0.2, -0.15) is 0 Å². The zero-order valence-electron chi connectivity index (χ0n) is 12.8. The molecule has 0 radical (unpaired) electrons. The molecule has 0 aliphatic carbocycles. The lowest BCUT2D eigenvalue weighted by Crippen LogP contribution is -2.28. The first-order chi connectivity index (χ1) is 11.2. The summed E-state index contributed by atoms with van der Waals surface area (Å²) in [4.78, 5) is 17.6. The highest BCUT2D eigenvalue weighted by molar-refractivity contribution is 6.06. The molecule has 2 aromatic carbocycles. The number of halogens is 1. The topological polar surface area (TPSA) is 50.7 Å². The van der Waals surface area contributed by atoms with Crippen molar-refractivity contribution in [3.8, 4) is 0 Å². The molecule has 4 nitrogen and oxygen atoms in total. The maximum atomic E-state index is 13.0. The zero-order valence-corrected chi connectivity index (χ0v) is 12.8. The Hall–Kier alpha value is -2.69. The van der Waals surface area contributed by atoms with Gasteiger partial charge >= 0.3 is 0 Å². The van der Waals surface area contributed by atoms with E-state index >= 15 is 0 Å². The Morgan fingerprint density at radius 1 is 1.26 bits per heavy atom. The van der Waals surface area contributed by atoms with Gasteiger partial charge in [0, 0.05) is 12.1 Å². The number of nitrogens with one attached hydrogen (secondary N) is 1. The third-order valence-electron chi connectivity index (χ3n) is 3.79. The van der Waals surface area contributed by atoms with Gasteiger partial charge in [-0.25, -0.2) is 4.39 Å². The summed E-state index contributed by atoms with van der Waals surface area (Å²) < 4.78 is 13.0. The lowest BCUT2D eigenvalue weighted by Gasteiger charge is -2.12. The highest BCUT2D eigenvalue weighted by Gasteiger charge is 2.29. The van der Waals surface area contributed by atoms with Crippen LogP contribution in [-0.2, 0) is 16.1 Å². The van der Waals surface area contributed by atoms with Crippen LogP contribution in [0.5, 0.6) is 0 Å². The van der Waals surface area contributed by atoms with Crippen LogP contribution in [0.3, 0.4) is 0 Å².